The number of halogens is 2. The Kier molecular flexibility index (Phi) is 5.17. The van der Waals surface area contributed by atoms with Crippen molar-refractivity contribution in [1.29, 1.82) is 0 Å². The number of anilines is 2. The van der Waals surface area contributed by atoms with Gasteiger partial charge in [-0.05, 0) is 44.6 Å². The lowest BCUT2D eigenvalue weighted by Crippen LogP contribution is -2.26. The third-order valence-corrected chi connectivity index (χ3v) is 4.21. The van der Waals surface area contributed by atoms with Gasteiger partial charge in [0.05, 0.1) is 10.0 Å². The Morgan fingerprint density at radius 3 is 2.42 bits per heavy atom. The standard InChI is InChI=1S/C14H21Cl2N3/c1-3-17-13-11(15)8-12(16)14(19-13)18-10-6-4-9(2)5-7-10/h8-10H,3-7H2,1-2H3,(H2,17,18,19). The summed E-state index contributed by atoms with van der Waals surface area (Å²) in [7, 11) is 0. The monoisotopic (exact) mass is 301 g/mol. The molecule has 5 heteroatoms. The van der Waals surface area contributed by atoms with Crippen LogP contribution in [0.2, 0.25) is 10.0 Å². The van der Waals surface area contributed by atoms with E-state index in [0.29, 0.717) is 21.9 Å². The van der Waals surface area contributed by atoms with Crippen LogP contribution in [0.4, 0.5) is 11.6 Å². The highest BCUT2D eigenvalue weighted by molar-refractivity contribution is 6.37. The van der Waals surface area contributed by atoms with Crippen LogP contribution in [0.15, 0.2) is 6.07 Å². The first-order valence-corrected chi connectivity index (χ1v) is 7.72. The summed E-state index contributed by atoms with van der Waals surface area (Å²) in [5, 5.41) is 7.75. The zero-order valence-corrected chi connectivity index (χ0v) is 13.0. The highest BCUT2D eigenvalue weighted by atomic mass is 35.5. The van der Waals surface area contributed by atoms with E-state index in [4.69, 9.17) is 23.2 Å². The number of rotatable bonds is 4. The highest BCUT2D eigenvalue weighted by Crippen LogP contribution is 2.32. The second-order valence-electron chi connectivity index (χ2n) is 5.28. The van der Waals surface area contributed by atoms with Gasteiger partial charge in [0.15, 0.2) is 0 Å². The van der Waals surface area contributed by atoms with Crippen LogP contribution in [0.25, 0.3) is 0 Å². The van der Waals surface area contributed by atoms with E-state index in [1.165, 1.54) is 25.7 Å². The van der Waals surface area contributed by atoms with E-state index in [1.807, 2.05) is 6.92 Å². The molecule has 1 aromatic rings. The van der Waals surface area contributed by atoms with E-state index in [0.717, 1.165) is 18.3 Å². The lowest BCUT2D eigenvalue weighted by molar-refractivity contribution is 0.361. The quantitative estimate of drug-likeness (QED) is 0.838. The number of hydrogen-bond donors (Lipinski definition) is 2. The molecule has 1 heterocycles. The minimum atomic E-state index is 0.469. The molecule has 0 radical (unpaired) electrons. The molecule has 2 N–H and O–H groups in total. The van der Waals surface area contributed by atoms with Gasteiger partial charge in [0.25, 0.3) is 0 Å². The molecular weight excluding hydrogens is 281 g/mol. The maximum atomic E-state index is 6.21. The average molecular weight is 302 g/mol. The molecule has 1 aliphatic rings. The summed E-state index contributed by atoms with van der Waals surface area (Å²) in [5.74, 6) is 2.27. The maximum absolute atomic E-state index is 6.21. The molecule has 1 aromatic heterocycles. The van der Waals surface area contributed by atoms with Gasteiger partial charge in [0, 0.05) is 12.6 Å². The Balaban J connectivity index is 2.08. The fourth-order valence-electron chi connectivity index (χ4n) is 2.46. The topological polar surface area (TPSA) is 37.0 Å². The molecule has 0 saturated heterocycles. The molecule has 1 fully saturated rings. The predicted octanol–water partition coefficient (Wildman–Crippen LogP) is 4.81. The molecule has 0 spiro atoms. The van der Waals surface area contributed by atoms with Gasteiger partial charge in [-0.2, -0.15) is 0 Å². The number of aromatic nitrogens is 1. The molecule has 3 nitrogen and oxygen atoms in total. The molecule has 0 aromatic carbocycles. The third-order valence-electron chi connectivity index (χ3n) is 3.63. The molecule has 2 rings (SSSR count). The smallest absolute Gasteiger partial charge is 0.147 e. The number of pyridine rings is 1. The first-order chi connectivity index (χ1) is 9.10. The van der Waals surface area contributed by atoms with Gasteiger partial charge in [-0.1, -0.05) is 30.1 Å². The van der Waals surface area contributed by atoms with Crippen molar-refractivity contribution in [2.24, 2.45) is 5.92 Å². The Morgan fingerprint density at radius 2 is 1.79 bits per heavy atom. The van der Waals surface area contributed by atoms with Crippen LogP contribution in [-0.2, 0) is 0 Å². The maximum Gasteiger partial charge on any atom is 0.147 e. The lowest BCUT2D eigenvalue weighted by Gasteiger charge is -2.27. The fraction of sp³-hybridized carbons (Fsp3) is 0.643. The zero-order valence-electron chi connectivity index (χ0n) is 11.5. The van der Waals surface area contributed by atoms with Crippen LogP contribution in [0.3, 0.4) is 0 Å². The Labute approximate surface area is 125 Å². The molecule has 1 aliphatic carbocycles. The Bertz CT molecular complexity index is 429. The fourth-order valence-corrected chi connectivity index (χ4v) is 2.94. The predicted molar refractivity (Wildman–Crippen MR) is 83.5 cm³/mol. The summed E-state index contributed by atoms with van der Waals surface area (Å²) < 4.78 is 0. The van der Waals surface area contributed by atoms with Crippen molar-refractivity contribution in [3.63, 3.8) is 0 Å². The van der Waals surface area contributed by atoms with Gasteiger partial charge in [-0.3, -0.25) is 0 Å². The van der Waals surface area contributed by atoms with Crippen LogP contribution in [0.5, 0.6) is 0 Å². The van der Waals surface area contributed by atoms with Crippen molar-refractivity contribution in [1.82, 2.24) is 4.98 Å². The highest BCUT2D eigenvalue weighted by Gasteiger charge is 2.19. The summed E-state index contributed by atoms with van der Waals surface area (Å²) in [4.78, 5) is 4.49. The molecule has 106 valence electrons. The minimum Gasteiger partial charge on any atom is -0.369 e. The van der Waals surface area contributed by atoms with E-state index in [1.54, 1.807) is 6.07 Å². The van der Waals surface area contributed by atoms with Crippen molar-refractivity contribution in [3.05, 3.63) is 16.1 Å². The van der Waals surface area contributed by atoms with Gasteiger partial charge < -0.3 is 10.6 Å². The summed E-state index contributed by atoms with van der Waals surface area (Å²) in [6, 6.07) is 2.22. The Hall–Kier alpha value is -0.670. The molecule has 1 saturated carbocycles. The van der Waals surface area contributed by atoms with Crippen molar-refractivity contribution >= 4 is 34.8 Å². The molecule has 19 heavy (non-hydrogen) atoms. The van der Waals surface area contributed by atoms with E-state index < -0.39 is 0 Å². The van der Waals surface area contributed by atoms with E-state index >= 15 is 0 Å². The molecule has 0 atom stereocenters. The lowest BCUT2D eigenvalue weighted by atomic mass is 9.87. The van der Waals surface area contributed by atoms with Crippen LogP contribution in [0, 0.1) is 5.92 Å². The van der Waals surface area contributed by atoms with Crippen LogP contribution < -0.4 is 10.6 Å². The number of nitrogens with zero attached hydrogens (tertiary/aromatic N) is 1. The van der Waals surface area contributed by atoms with E-state index in [-0.39, 0.29) is 0 Å². The van der Waals surface area contributed by atoms with Crippen molar-refractivity contribution in [2.75, 3.05) is 17.2 Å². The summed E-state index contributed by atoms with van der Waals surface area (Å²) in [5.41, 5.74) is 0. The molecular formula is C14H21Cl2N3. The molecule has 0 amide bonds. The van der Waals surface area contributed by atoms with Gasteiger partial charge in [-0.25, -0.2) is 4.98 Å². The van der Waals surface area contributed by atoms with Crippen LogP contribution in [0.1, 0.15) is 39.5 Å². The van der Waals surface area contributed by atoms with E-state index in [9.17, 15) is 0 Å². The second kappa shape index (κ2) is 6.67. The summed E-state index contributed by atoms with van der Waals surface area (Å²) in [6.45, 7) is 5.12. The van der Waals surface area contributed by atoms with Gasteiger partial charge in [0.2, 0.25) is 0 Å². The summed E-state index contributed by atoms with van der Waals surface area (Å²) in [6.07, 6.45) is 4.89. The van der Waals surface area contributed by atoms with Gasteiger partial charge >= 0.3 is 0 Å². The number of hydrogen-bond acceptors (Lipinski definition) is 3. The minimum absolute atomic E-state index is 0.469. The SMILES string of the molecule is CCNc1nc(NC2CCC(C)CC2)c(Cl)cc1Cl. The van der Waals surface area contributed by atoms with Crippen LogP contribution >= 0.6 is 23.2 Å². The van der Waals surface area contributed by atoms with Gasteiger partial charge in [0.1, 0.15) is 11.6 Å². The normalized spacial score (nSPS) is 23.2. The largest absolute Gasteiger partial charge is 0.369 e. The summed E-state index contributed by atoms with van der Waals surface area (Å²) >= 11 is 12.3. The zero-order chi connectivity index (χ0) is 13.8. The first kappa shape index (κ1) is 14.7. The van der Waals surface area contributed by atoms with Crippen molar-refractivity contribution in [3.8, 4) is 0 Å². The second-order valence-corrected chi connectivity index (χ2v) is 6.10. The number of nitrogens with one attached hydrogen (secondary N) is 2. The first-order valence-electron chi connectivity index (χ1n) is 6.96. The third kappa shape index (κ3) is 3.90. The Morgan fingerprint density at radius 1 is 1.16 bits per heavy atom. The molecule has 0 bridgehead atoms. The van der Waals surface area contributed by atoms with Crippen LogP contribution in [-0.4, -0.2) is 17.6 Å². The van der Waals surface area contributed by atoms with Crippen molar-refractivity contribution in [2.45, 2.75) is 45.6 Å². The van der Waals surface area contributed by atoms with Crippen molar-refractivity contribution < 1.29 is 0 Å². The van der Waals surface area contributed by atoms with Gasteiger partial charge in [-0.15, -0.1) is 0 Å². The molecule has 0 unspecified atom stereocenters. The molecule has 0 aliphatic heterocycles. The average Bonchev–Trinajstić information content (AvgIpc) is 2.38. The van der Waals surface area contributed by atoms with E-state index in [2.05, 4.69) is 22.5 Å².